The van der Waals surface area contributed by atoms with Crippen LogP contribution in [0.3, 0.4) is 0 Å². The Morgan fingerprint density at radius 3 is 2.68 bits per heavy atom. The first-order chi connectivity index (χ1) is 17.4. The van der Waals surface area contributed by atoms with Gasteiger partial charge in [0, 0.05) is 28.1 Å². The van der Waals surface area contributed by atoms with E-state index in [1.807, 2.05) is 0 Å². The highest BCUT2D eigenvalue weighted by molar-refractivity contribution is 6.03. The SMILES string of the molecule is CC[C@@]1(O)C(=O)OCc2c1cc1n(c2=O)Cc2c-1nc1cc(F)c(NC(=O)OC(C)(C)C)cc1c2C=O. The normalized spacial score (nSPS) is 18.1. The molecule has 10 nitrogen and oxygen atoms in total. The number of aldehydes is 1. The number of carbonyl (C=O) groups excluding carboxylic acids is 3. The molecule has 37 heavy (non-hydrogen) atoms. The minimum atomic E-state index is -2.00. The van der Waals surface area contributed by atoms with E-state index in [-0.39, 0.29) is 58.5 Å². The van der Waals surface area contributed by atoms with E-state index < -0.39 is 34.6 Å². The first-order valence-corrected chi connectivity index (χ1v) is 11.7. The van der Waals surface area contributed by atoms with Crippen LogP contribution in [0.25, 0.3) is 22.3 Å². The minimum absolute atomic E-state index is 0.00149. The van der Waals surface area contributed by atoms with Crippen LogP contribution >= 0.6 is 0 Å². The maximum atomic E-state index is 14.9. The van der Waals surface area contributed by atoms with Crippen molar-refractivity contribution in [3.05, 3.63) is 56.6 Å². The molecule has 0 bridgehead atoms. The van der Waals surface area contributed by atoms with Gasteiger partial charge in [0.2, 0.25) is 0 Å². The molecule has 2 aliphatic rings. The van der Waals surface area contributed by atoms with Crippen molar-refractivity contribution in [2.75, 3.05) is 5.32 Å². The summed E-state index contributed by atoms with van der Waals surface area (Å²) in [5.41, 5.74) is -1.92. The van der Waals surface area contributed by atoms with Crippen LogP contribution in [-0.4, -0.2) is 38.6 Å². The van der Waals surface area contributed by atoms with Gasteiger partial charge in [0.1, 0.15) is 18.0 Å². The number of benzene rings is 1. The van der Waals surface area contributed by atoms with E-state index in [9.17, 15) is 28.7 Å². The van der Waals surface area contributed by atoms with Gasteiger partial charge >= 0.3 is 12.1 Å². The first-order valence-electron chi connectivity index (χ1n) is 11.7. The molecule has 0 fully saturated rings. The fraction of sp³-hybridized carbons (Fsp3) is 0.346. The number of hydrogen-bond donors (Lipinski definition) is 2. The molecule has 1 aromatic carbocycles. The predicted molar refractivity (Wildman–Crippen MR) is 130 cm³/mol. The van der Waals surface area contributed by atoms with Crippen molar-refractivity contribution >= 4 is 34.9 Å². The van der Waals surface area contributed by atoms with E-state index in [2.05, 4.69) is 10.3 Å². The number of rotatable bonds is 3. The van der Waals surface area contributed by atoms with Gasteiger partial charge < -0.3 is 19.1 Å². The molecule has 3 aromatic rings. The number of nitrogens with zero attached hydrogens (tertiary/aromatic N) is 2. The standard InChI is InChI=1S/C26H24FN3O7/c1-5-26(35)16-7-20-21-13(9-30(20)22(32)15(16)11-36-23(26)33)14(10-31)12-6-19(17(27)8-18(12)28-21)29-24(34)37-25(2,3)4/h6-8,10,35H,5,9,11H2,1-4H3,(H,29,34)/t26-/m0/s1. The van der Waals surface area contributed by atoms with E-state index >= 15 is 0 Å². The van der Waals surface area contributed by atoms with Crippen molar-refractivity contribution in [1.29, 1.82) is 0 Å². The molecule has 2 aromatic heterocycles. The molecule has 4 heterocycles. The fourth-order valence-electron chi connectivity index (χ4n) is 4.78. The molecule has 2 N–H and O–H groups in total. The lowest BCUT2D eigenvalue weighted by molar-refractivity contribution is -0.172. The van der Waals surface area contributed by atoms with Gasteiger partial charge in [-0.15, -0.1) is 0 Å². The third-order valence-corrected chi connectivity index (χ3v) is 6.57. The second kappa shape index (κ2) is 8.20. The molecule has 2 aliphatic heterocycles. The number of hydrogen-bond acceptors (Lipinski definition) is 8. The molecular formula is C26H24FN3O7. The van der Waals surface area contributed by atoms with Crippen molar-refractivity contribution in [1.82, 2.24) is 9.55 Å². The summed E-state index contributed by atoms with van der Waals surface area (Å²) < 4.78 is 26.6. The van der Waals surface area contributed by atoms with Gasteiger partial charge in [-0.1, -0.05) is 6.92 Å². The van der Waals surface area contributed by atoms with Crippen LogP contribution in [0.5, 0.6) is 0 Å². The quantitative estimate of drug-likeness (QED) is 0.317. The summed E-state index contributed by atoms with van der Waals surface area (Å²) in [7, 11) is 0. The summed E-state index contributed by atoms with van der Waals surface area (Å²) in [5.74, 6) is -1.65. The number of aromatic nitrogens is 2. The highest BCUT2D eigenvalue weighted by Gasteiger charge is 2.45. The molecule has 1 amide bonds. The first kappa shape index (κ1) is 24.6. The van der Waals surface area contributed by atoms with Gasteiger partial charge in [-0.05, 0) is 39.3 Å². The minimum Gasteiger partial charge on any atom is -0.458 e. The van der Waals surface area contributed by atoms with E-state index in [0.29, 0.717) is 17.5 Å². The average Bonchev–Trinajstić information content (AvgIpc) is 3.18. The maximum Gasteiger partial charge on any atom is 0.412 e. The fourth-order valence-corrected chi connectivity index (χ4v) is 4.78. The molecular weight excluding hydrogens is 485 g/mol. The third kappa shape index (κ3) is 3.77. The summed E-state index contributed by atoms with van der Waals surface area (Å²) in [4.78, 5) is 54.7. The smallest absolute Gasteiger partial charge is 0.412 e. The molecule has 0 unspecified atom stereocenters. The monoisotopic (exact) mass is 509 g/mol. The second-order valence-electron chi connectivity index (χ2n) is 10.0. The highest BCUT2D eigenvalue weighted by Crippen LogP contribution is 2.40. The molecule has 0 saturated heterocycles. The Kier molecular flexibility index (Phi) is 5.45. The second-order valence-corrected chi connectivity index (χ2v) is 10.0. The lowest BCUT2D eigenvalue weighted by Gasteiger charge is -2.31. The Balaban J connectivity index is 1.68. The summed E-state index contributed by atoms with van der Waals surface area (Å²) in [6, 6.07) is 3.88. The molecule has 0 aliphatic carbocycles. The van der Waals surface area contributed by atoms with Gasteiger partial charge in [-0.2, -0.15) is 0 Å². The van der Waals surface area contributed by atoms with E-state index in [1.54, 1.807) is 27.7 Å². The van der Waals surface area contributed by atoms with Crippen molar-refractivity contribution in [2.45, 2.75) is 58.5 Å². The number of carbonyl (C=O) groups is 3. The van der Waals surface area contributed by atoms with Gasteiger partial charge in [0.05, 0.1) is 34.7 Å². The zero-order valence-electron chi connectivity index (χ0n) is 20.6. The van der Waals surface area contributed by atoms with Gasteiger partial charge in [0.25, 0.3) is 5.56 Å². The number of esters is 1. The average molecular weight is 509 g/mol. The number of aliphatic hydroxyl groups is 1. The highest BCUT2D eigenvalue weighted by atomic mass is 19.1. The van der Waals surface area contributed by atoms with Gasteiger partial charge in [-0.3, -0.25) is 14.9 Å². The van der Waals surface area contributed by atoms with Crippen LogP contribution in [0, 0.1) is 5.82 Å². The predicted octanol–water partition coefficient (Wildman–Crippen LogP) is 3.38. The Morgan fingerprint density at radius 2 is 2.03 bits per heavy atom. The van der Waals surface area contributed by atoms with Crippen molar-refractivity contribution in [2.24, 2.45) is 0 Å². The lowest BCUT2D eigenvalue weighted by Crippen LogP contribution is -2.44. The number of halogens is 1. The number of nitrogens with one attached hydrogen (secondary N) is 1. The van der Waals surface area contributed by atoms with Crippen LogP contribution in [0.15, 0.2) is 23.0 Å². The molecule has 192 valence electrons. The number of anilines is 1. The lowest BCUT2D eigenvalue weighted by atomic mass is 9.86. The van der Waals surface area contributed by atoms with Crippen LogP contribution in [0.4, 0.5) is 14.9 Å². The van der Waals surface area contributed by atoms with Crippen molar-refractivity contribution < 1.29 is 33.4 Å². The van der Waals surface area contributed by atoms with Crippen molar-refractivity contribution in [3.63, 3.8) is 0 Å². The number of fused-ring (bicyclic) bond motifs is 5. The summed E-state index contributed by atoms with van der Waals surface area (Å²) in [6.07, 6.45) is -0.292. The molecule has 11 heteroatoms. The Bertz CT molecular complexity index is 1590. The number of cyclic esters (lactones) is 1. The van der Waals surface area contributed by atoms with E-state index in [0.717, 1.165) is 6.07 Å². The topological polar surface area (TPSA) is 137 Å². The summed E-state index contributed by atoms with van der Waals surface area (Å²) in [5, 5.41) is 13.6. The molecule has 0 radical (unpaired) electrons. The van der Waals surface area contributed by atoms with E-state index in [1.165, 1.54) is 16.7 Å². The van der Waals surface area contributed by atoms with Gasteiger partial charge in [-0.25, -0.2) is 19.0 Å². The molecule has 5 rings (SSSR count). The van der Waals surface area contributed by atoms with Crippen LogP contribution in [0.1, 0.15) is 61.2 Å². The molecule has 0 saturated carbocycles. The Hall–Kier alpha value is -4.12. The van der Waals surface area contributed by atoms with Crippen LogP contribution < -0.4 is 10.9 Å². The van der Waals surface area contributed by atoms with Crippen molar-refractivity contribution in [3.8, 4) is 11.4 Å². The zero-order chi connectivity index (χ0) is 26.9. The Labute approximate surface area is 210 Å². The maximum absolute atomic E-state index is 14.9. The number of amides is 1. The molecule has 1 atom stereocenters. The Morgan fingerprint density at radius 1 is 1.30 bits per heavy atom. The molecule has 0 spiro atoms. The number of ether oxygens (including phenoxy) is 2. The zero-order valence-corrected chi connectivity index (χ0v) is 20.6. The summed E-state index contributed by atoms with van der Waals surface area (Å²) >= 11 is 0. The van der Waals surface area contributed by atoms with Crippen LogP contribution in [0.2, 0.25) is 0 Å². The summed E-state index contributed by atoms with van der Waals surface area (Å²) in [6.45, 7) is 6.31. The third-order valence-electron chi connectivity index (χ3n) is 6.57. The number of pyridine rings is 2. The van der Waals surface area contributed by atoms with Gasteiger partial charge in [0.15, 0.2) is 11.9 Å². The van der Waals surface area contributed by atoms with Crippen LogP contribution in [-0.2, 0) is 33.0 Å². The van der Waals surface area contributed by atoms with E-state index in [4.69, 9.17) is 9.47 Å². The largest absolute Gasteiger partial charge is 0.458 e.